The second-order valence-corrected chi connectivity index (χ2v) is 6.63. The normalized spacial score (nSPS) is 14.3. The SMILES string of the molecule is CCCCOC(=O)c1ccc(NC(=O)NC2CCN(C(=O)OCC)CC2)cc1. The summed E-state index contributed by atoms with van der Waals surface area (Å²) in [5, 5.41) is 5.66. The zero-order valence-corrected chi connectivity index (χ0v) is 16.5. The van der Waals surface area contributed by atoms with Crippen LogP contribution >= 0.6 is 0 Å². The molecule has 154 valence electrons. The Kier molecular flexibility index (Phi) is 8.58. The number of ether oxygens (including phenoxy) is 2. The number of rotatable bonds is 7. The Morgan fingerprint density at radius 2 is 1.75 bits per heavy atom. The van der Waals surface area contributed by atoms with Gasteiger partial charge < -0.3 is 25.0 Å². The van der Waals surface area contributed by atoms with Gasteiger partial charge in [0.1, 0.15) is 0 Å². The molecule has 1 saturated heterocycles. The third kappa shape index (κ3) is 6.75. The topological polar surface area (TPSA) is 97.0 Å². The van der Waals surface area contributed by atoms with Crippen molar-refractivity contribution in [2.75, 3.05) is 31.6 Å². The van der Waals surface area contributed by atoms with Gasteiger partial charge in [0.25, 0.3) is 0 Å². The van der Waals surface area contributed by atoms with Crippen molar-refractivity contribution >= 4 is 23.8 Å². The van der Waals surface area contributed by atoms with Crippen LogP contribution in [0.3, 0.4) is 0 Å². The first kappa shape index (κ1) is 21.5. The molecule has 0 spiro atoms. The number of urea groups is 1. The fourth-order valence-electron chi connectivity index (χ4n) is 2.86. The lowest BCUT2D eigenvalue weighted by Gasteiger charge is -2.31. The van der Waals surface area contributed by atoms with Crippen molar-refractivity contribution in [1.29, 1.82) is 0 Å². The summed E-state index contributed by atoms with van der Waals surface area (Å²) in [6.45, 7) is 5.68. The lowest BCUT2D eigenvalue weighted by molar-refractivity contribution is 0.0499. The Hall–Kier alpha value is -2.77. The highest BCUT2D eigenvalue weighted by Gasteiger charge is 2.24. The Balaban J connectivity index is 1.74. The van der Waals surface area contributed by atoms with Crippen LogP contribution in [-0.2, 0) is 9.47 Å². The zero-order chi connectivity index (χ0) is 20.4. The van der Waals surface area contributed by atoms with Gasteiger partial charge in [-0.1, -0.05) is 13.3 Å². The summed E-state index contributed by atoms with van der Waals surface area (Å²) in [6, 6.07) is 6.27. The largest absolute Gasteiger partial charge is 0.462 e. The number of carbonyl (C=O) groups excluding carboxylic acids is 3. The summed E-state index contributed by atoms with van der Waals surface area (Å²) in [7, 11) is 0. The number of nitrogens with zero attached hydrogens (tertiary/aromatic N) is 1. The first-order chi connectivity index (χ1) is 13.5. The first-order valence-electron chi connectivity index (χ1n) is 9.79. The van der Waals surface area contributed by atoms with E-state index in [-0.39, 0.29) is 24.1 Å². The summed E-state index contributed by atoms with van der Waals surface area (Å²) >= 11 is 0. The van der Waals surface area contributed by atoms with E-state index in [1.807, 2.05) is 6.92 Å². The van der Waals surface area contributed by atoms with Gasteiger partial charge in [-0.3, -0.25) is 0 Å². The van der Waals surface area contributed by atoms with E-state index in [0.717, 1.165) is 12.8 Å². The summed E-state index contributed by atoms with van der Waals surface area (Å²) in [6.07, 6.45) is 2.85. The quantitative estimate of drug-likeness (QED) is 0.549. The molecule has 0 aromatic heterocycles. The molecule has 0 atom stereocenters. The van der Waals surface area contributed by atoms with E-state index in [4.69, 9.17) is 9.47 Å². The monoisotopic (exact) mass is 391 g/mol. The van der Waals surface area contributed by atoms with E-state index < -0.39 is 0 Å². The minimum atomic E-state index is -0.363. The van der Waals surface area contributed by atoms with Gasteiger partial charge in [0.15, 0.2) is 0 Å². The maximum atomic E-state index is 12.2. The minimum absolute atomic E-state index is 0.00140. The maximum Gasteiger partial charge on any atom is 0.409 e. The summed E-state index contributed by atoms with van der Waals surface area (Å²) in [5.41, 5.74) is 1.04. The fraction of sp³-hybridized carbons (Fsp3) is 0.550. The van der Waals surface area contributed by atoms with E-state index in [1.165, 1.54) is 0 Å². The van der Waals surface area contributed by atoms with Gasteiger partial charge in [-0.25, -0.2) is 14.4 Å². The molecule has 1 aliphatic heterocycles. The average Bonchev–Trinajstić information content (AvgIpc) is 2.69. The van der Waals surface area contributed by atoms with Gasteiger partial charge in [0.2, 0.25) is 0 Å². The van der Waals surface area contributed by atoms with Crippen molar-refractivity contribution in [3.8, 4) is 0 Å². The van der Waals surface area contributed by atoms with Crippen LogP contribution in [0.1, 0.15) is 49.9 Å². The molecule has 0 saturated carbocycles. The molecule has 1 aliphatic rings. The number of hydrogen-bond acceptors (Lipinski definition) is 5. The van der Waals surface area contributed by atoms with Crippen molar-refractivity contribution in [1.82, 2.24) is 10.2 Å². The van der Waals surface area contributed by atoms with E-state index >= 15 is 0 Å². The Morgan fingerprint density at radius 3 is 2.36 bits per heavy atom. The molecular weight excluding hydrogens is 362 g/mol. The van der Waals surface area contributed by atoms with Crippen LogP contribution in [-0.4, -0.2) is 55.3 Å². The van der Waals surface area contributed by atoms with Crippen molar-refractivity contribution < 1.29 is 23.9 Å². The molecular formula is C20H29N3O5. The van der Waals surface area contributed by atoms with Crippen molar-refractivity contribution in [3.05, 3.63) is 29.8 Å². The fourth-order valence-corrected chi connectivity index (χ4v) is 2.86. The molecule has 3 amide bonds. The van der Waals surface area contributed by atoms with Crippen LogP contribution in [0.4, 0.5) is 15.3 Å². The highest BCUT2D eigenvalue weighted by atomic mass is 16.6. The number of piperidine rings is 1. The van der Waals surface area contributed by atoms with E-state index in [0.29, 0.717) is 50.4 Å². The second kappa shape index (κ2) is 11.2. The number of benzene rings is 1. The van der Waals surface area contributed by atoms with Crippen molar-refractivity contribution in [2.24, 2.45) is 0 Å². The van der Waals surface area contributed by atoms with Gasteiger partial charge in [-0.2, -0.15) is 0 Å². The Morgan fingerprint density at radius 1 is 1.07 bits per heavy atom. The van der Waals surface area contributed by atoms with Gasteiger partial charge in [-0.15, -0.1) is 0 Å². The molecule has 1 aromatic rings. The maximum absolute atomic E-state index is 12.2. The van der Waals surface area contributed by atoms with E-state index in [1.54, 1.807) is 36.1 Å². The molecule has 8 heteroatoms. The van der Waals surface area contributed by atoms with Crippen LogP contribution < -0.4 is 10.6 Å². The van der Waals surface area contributed by atoms with Crippen LogP contribution in [0.5, 0.6) is 0 Å². The minimum Gasteiger partial charge on any atom is -0.462 e. The third-order valence-corrected chi connectivity index (χ3v) is 4.47. The molecule has 1 heterocycles. The average molecular weight is 391 g/mol. The summed E-state index contributed by atoms with van der Waals surface area (Å²) < 4.78 is 10.1. The summed E-state index contributed by atoms with van der Waals surface area (Å²) in [4.78, 5) is 37.4. The molecule has 28 heavy (non-hydrogen) atoms. The van der Waals surface area contributed by atoms with Crippen LogP contribution in [0.25, 0.3) is 0 Å². The number of anilines is 1. The number of nitrogens with one attached hydrogen (secondary N) is 2. The first-order valence-corrected chi connectivity index (χ1v) is 9.79. The number of amides is 3. The van der Waals surface area contributed by atoms with Crippen LogP contribution in [0, 0.1) is 0 Å². The standard InChI is InChI=1S/C20H29N3O5/c1-3-5-14-28-18(24)15-6-8-16(9-7-15)21-19(25)22-17-10-12-23(13-11-17)20(26)27-4-2/h6-9,17H,3-5,10-14H2,1-2H3,(H2,21,22,25). The molecule has 0 bridgehead atoms. The molecule has 0 aliphatic carbocycles. The molecule has 0 radical (unpaired) electrons. The van der Waals surface area contributed by atoms with Gasteiger partial charge >= 0.3 is 18.1 Å². The number of esters is 1. The van der Waals surface area contributed by atoms with Gasteiger partial charge in [0, 0.05) is 24.8 Å². The van der Waals surface area contributed by atoms with Crippen LogP contribution in [0.15, 0.2) is 24.3 Å². The number of unbranched alkanes of at least 4 members (excludes halogenated alkanes) is 1. The van der Waals surface area contributed by atoms with Gasteiger partial charge in [0.05, 0.1) is 18.8 Å². The van der Waals surface area contributed by atoms with E-state index in [9.17, 15) is 14.4 Å². The molecule has 2 N–H and O–H groups in total. The highest BCUT2D eigenvalue weighted by molar-refractivity contribution is 5.92. The molecule has 8 nitrogen and oxygen atoms in total. The number of hydrogen-bond donors (Lipinski definition) is 2. The molecule has 1 fully saturated rings. The second-order valence-electron chi connectivity index (χ2n) is 6.63. The lowest BCUT2D eigenvalue weighted by atomic mass is 10.1. The predicted octanol–water partition coefficient (Wildman–Crippen LogP) is 3.39. The summed E-state index contributed by atoms with van der Waals surface area (Å²) in [5.74, 6) is -0.363. The number of likely N-dealkylation sites (tertiary alicyclic amines) is 1. The molecule has 1 aromatic carbocycles. The highest BCUT2D eigenvalue weighted by Crippen LogP contribution is 2.13. The van der Waals surface area contributed by atoms with Gasteiger partial charge in [-0.05, 0) is 50.5 Å². The predicted molar refractivity (Wildman–Crippen MR) is 105 cm³/mol. The molecule has 0 unspecified atom stereocenters. The Bertz CT molecular complexity index is 654. The lowest BCUT2D eigenvalue weighted by Crippen LogP contribution is -2.47. The zero-order valence-electron chi connectivity index (χ0n) is 16.5. The number of carbonyl (C=O) groups is 3. The van der Waals surface area contributed by atoms with E-state index in [2.05, 4.69) is 10.6 Å². The molecule has 2 rings (SSSR count). The smallest absolute Gasteiger partial charge is 0.409 e. The van der Waals surface area contributed by atoms with Crippen molar-refractivity contribution in [3.63, 3.8) is 0 Å². The van der Waals surface area contributed by atoms with Crippen LogP contribution in [0.2, 0.25) is 0 Å². The third-order valence-electron chi connectivity index (χ3n) is 4.47. The Labute approximate surface area is 165 Å². The van der Waals surface area contributed by atoms with Crippen molar-refractivity contribution in [2.45, 2.75) is 45.6 Å².